The first-order valence-electron chi connectivity index (χ1n) is 13.2. The van der Waals surface area contributed by atoms with E-state index < -0.39 is 40.8 Å². The van der Waals surface area contributed by atoms with E-state index >= 15 is 0 Å². The van der Waals surface area contributed by atoms with Gasteiger partial charge in [-0.25, -0.2) is 5.48 Å². The highest BCUT2D eigenvalue weighted by Gasteiger charge is 2.54. The molecule has 1 unspecified atom stereocenters. The van der Waals surface area contributed by atoms with E-state index in [4.69, 9.17) is 0 Å². The molecule has 8 nitrogen and oxygen atoms in total. The van der Waals surface area contributed by atoms with Crippen molar-refractivity contribution in [3.8, 4) is 0 Å². The number of hydrogen-bond acceptors (Lipinski definition) is 5. The molecule has 1 saturated heterocycles. The zero-order chi connectivity index (χ0) is 29.2. The van der Waals surface area contributed by atoms with Crippen LogP contribution < -0.4 is 5.48 Å². The van der Waals surface area contributed by atoms with Crippen LogP contribution in [-0.2, 0) is 22.2 Å². The number of hydroxylamine groups is 1. The number of carbonyl (C=O) groups is 4. The maximum Gasteiger partial charge on any atom is 0.416 e. The quantitative estimate of drug-likeness (QED) is 0.256. The number of nitrogens with one attached hydrogen (secondary N) is 1. The van der Waals surface area contributed by atoms with Gasteiger partial charge in [-0.3, -0.25) is 29.3 Å². The van der Waals surface area contributed by atoms with Crippen LogP contribution in [0.1, 0.15) is 65.0 Å². The smallest absolute Gasteiger partial charge is 0.342 e. The molecule has 2 heterocycles. The van der Waals surface area contributed by atoms with Gasteiger partial charge in [0.1, 0.15) is 0 Å². The molecule has 0 spiro atoms. The van der Waals surface area contributed by atoms with E-state index in [-0.39, 0.29) is 35.9 Å². The third-order valence-electron chi connectivity index (χ3n) is 7.86. The summed E-state index contributed by atoms with van der Waals surface area (Å²) in [5, 5.41) is 9.58. The summed E-state index contributed by atoms with van der Waals surface area (Å²) >= 11 is 0. The van der Waals surface area contributed by atoms with Gasteiger partial charge >= 0.3 is 6.18 Å². The minimum atomic E-state index is -4.69. The Morgan fingerprint density at radius 3 is 2.33 bits per heavy atom. The molecule has 2 aliphatic heterocycles. The summed E-state index contributed by atoms with van der Waals surface area (Å²) in [6, 6.07) is 12.0. The number of likely N-dealkylation sites (tertiary alicyclic amines) is 1. The molecule has 0 bridgehead atoms. The largest absolute Gasteiger partial charge is 0.416 e. The second-order valence-electron chi connectivity index (χ2n) is 10.9. The number of halogens is 3. The molecule has 2 atom stereocenters. The number of carbonyl (C=O) groups excluding carboxylic acids is 4. The molecule has 2 aromatic carbocycles. The van der Waals surface area contributed by atoms with Gasteiger partial charge in [-0.2, -0.15) is 13.2 Å². The minimum absolute atomic E-state index is 0.00658. The number of hydrogen-bond donors (Lipinski definition) is 2. The monoisotopic (exact) mass is 559 g/mol. The number of benzene rings is 2. The zero-order valence-electron chi connectivity index (χ0n) is 22.3. The first kappa shape index (κ1) is 29.3. The Bertz CT molecular complexity index is 1300. The Hall–Kier alpha value is -3.73. The van der Waals surface area contributed by atoms with Crippen LogP contribution in [0.3, 0.4) is 0 Å². The van der Waals surface area contributed by atoms with Crippen molar-refractivity contribution in [2.75, 3.05) is 19.6 Å². The highest BCUT2D eigenvalue weighted by molar-refractivity contribution is 6.21. The van der Waals surface area contributed by atoms with Gasteiger partial charge in [0.25, 0.3) is 11.8 Å². The van der Waals surface area contributed by atoms with Gasteiger partial charge in [-0.1, -0.05) is 44.2 Å². The molecule has 0 aliphatic carbocycles. The van der Waals surface area contributed by atoms with Crippen LogP contribution >= 0.6 is 0 Å². The molecule has 214 valence electrons. The Kier molecular flexibility index (Phi) is 8.34. The summed E-state index contributed by atoms with van der Waals surface area (Å²) in [4.78, 5) is 55.3. The van der Waals surface area contributed by atoms with E-state index in [1.165, 1.54) is 0 Å². The first-order valence-corrected chi connectivity index (χ1v) is 13.2. The fraction of sp³-hybridized carbons (Fsp3) is 0.448. The van der Waals surface area contributed by atoms with Crippen molar-refractivity contribution >= 4 is 23.6 Å². The topological polar surface area (TPSA) is 107 Å². The maximum atomic E-state index is 13.9. The molecule has 4 amide bonds. The highest BCUT2D eigenvalue weighted by Crippen LogP contribution is 2.46. The SMILES string of the molecule is CC(C)C[C@@]1(C(CCN2C(=O)c3ccc(C(F)(F)F)cc3C2=O)C(=O)NO)CCN(CCc2ccccc2)C1=O. The van der Waals surface area contributed by atoms with E-state index in [0.29, 0.717) is 38.4 Å². The molecule has 11 heteroatoms. The Morgan fingerprint density at radius 2 is 1.70 bits per heavy atom. The molecule has 0 saturated carbocycles. The van der Waals surface area contributed by atoms with E-state index in [2.05, 4.69) is 0 Å². The lowest BCUT2D eigenvalue weighted by Gasteiger charge is -2.36. The van der Waals surface area contributed by atoms with Crippen LogP contribution in [0.25, 0.3) is 0 Å². The maximum absolute atomic E-state index is 13.9. The van der Waals surface area contributed by atoms with E-state index in [0.717, 1.165) is 22.6 Å². The van der Waals surface area contributed by atoms with Gasteiger partial charge in [-0.15, -0.1) is 0 Å². The Labute approximate surface area is 230 Å². The van der Waals surface area contributed by atoms with E-state index in [1.54, 1.807) is 10.4 Å². The molecule has 40 heavy (non-hydrogen) atoms. The molecule has 0 aromatic heterocycles. The summed E-state index contributed by atoms with van der Waals surface area (Å²) in [6.07, 6.45) is -3.53. The molecule has 2 aliphatic rings. The van der Waals surface area contributed by atoms with Gasteiger partial charge < -0.3 is 4.90 Å². The van der Waals surface area contributed by atoms with Gasteiger partial charge in [0, 0.05) is 19.6 Å². The van der Waals surface area contributed by atoms with Crippen molar-refractivity contribution in [3.05, 3.63) is 70.8 Å². The van der Waals surface area contributed by atoms with Crippen LogP contribution in [0.5, 0.6) is 0 Å². The van der Waals surface area contributed by atoms with Gasteiger partial charge in [0.05, 0.1) is 28.0 Å². The fourth-order valence-corrected chi connectivity index (χ4v) is 6.03. The standard InChI is InChI=1S/C29H32F3N3O5/c1-18(2)17-28(12-15-34(27(28)39)13-10-19-6-4-3-5-7-19)23(24(36)33-40)11-14-35-25(37)21-9-8-20(29(30,31)32)16-22(21)26(35)38/h3-9,16,18,23,40H,10-15,17H2,1-2H3,(H,33,36)/t23?,28-/m1/s1. The molecule has 0 radical (unpaired) electrons. The summed E-state index contributed by atoms with van der Waals surface area (Å²) in [5.41, 5.74) is -0.0302. The molecule has 4 rings (SSSR count). The van der Waals surface area contributed by atoms with Crippen molar-refractivity contribution in [1.82, 2.24) is 15.3 Å². The van der Waals surface area contributed by atoms with Gasteiger partial charge in [0.15, 0.2) is 0 Å². The van der Waals surface area contributed by atoms with Gasteiger partial charge in [-0.05, 0) is 55.4 Å². The van der Waals surface area contributed by atoms with Gasteiger partial charge in [0.2, 0.25) is 11.8 Å². The average Bonchev–Trinajstić information content (AvgIpc) is 3.35. The molecule has 2 N–H and O–H groups in total. The zero-order valence-corrected chi connectivity index (χ0v) is 22.3. The second kappa shape index (κ2) is 11.4. The third kappa shape index (κ3) is 5.60. The van der Waals surface area contributed by atoms with Crippen molar-refractivity contribution in [3.63, 3.8) is 0 Å². The van der Waals surface area contributed by atoms with Crippen LogP contribution in [-0.4, -0.2) is 58.3 Å². The predicted octanol–water partition coefficient (Wildman–Crippen LogP) is 4.32. The molecule has 2 aromatic rings. The molecular formula is C29H32F3N3O5. The van der Waals surface area contributed by atoms with Crippen molar-refractivity contribution in [2.45, 2.75) is 45.7 Å². The van der Waals surface area contributed by atoms with Crippen molar-refractivity contribution in [2.24, 2.45) is 17.3 Å². The summed E-state index contributed by atoms with van der Waals surface area (Å²) in [7, 11) is 0. The van der Waals surface area contributed by atoms with E-state index in [9.17, 15) is 37.6 Å². The Balaban J connectivity index is 1.56. The van der Waals surface area contributed by atoms with Crippen molar-refractivity contribution in [1.29, 1.82) is 0 Å². The fourth-order valence-electron chi connectivity index (χ4n) is 6.03. The number of amides is 4. The number of imide groups is 1. The van der Waals surface area contributed by atoms with Crippen LogP contribution in [0.2, 0.25) is 0 Å². The lowest BCUT2D eigenvalue weighted by atomic mass is 9.67. The summed E-state index contributed by atoms with van der Waals surface area (Å²) < 4.78 is 39.6. The first-order chi connectivity index (χ1) is 18.9. The van der Waals surface area contributed by atoms with Crippen molar-refractivity contribution < 1.29 is 37.6 Å². The highest BCUT2D eigenvalue weighted by atomic mass is 19.4. The lowest BCUT2D eigenvalue weighted by molar-refractivity contribution is -0.150. The predicted molar refractivity (Wildman–Crippen MR) is 138 cm³/mol. The number of fused-ring (bicyclic) bond motifs is 1. The number of alkyl halides is 3. The summed E-state index contributed by atoms with van der Waals surface area (Å²) in [5.74, 6) is -3.78. The lowest BCUT2D eigenvalue weighted by Crippen LogP contribution is -2.48. The average molecular weight is 560 g/mol. The number of rotatable bonds is 10. The number of nitrogens with zero attached hydrogens (tertiary/aromatic N) is 2. The third-order valence-corrected chi connectivity index (χ3v) is 7.86. The normalized spacial score (nSPS) is 19.9. The van der Waals surface area contributed by atoms with E-state index in [1.807, 2.05) is 44.2 Å². The van der Waals surface area contributed by atoms with Crippen LogP contribution in [0.15, 0.2) is 48.5 Å². The van der Waals surface area contributed by atoms with Crippen LogP contribution in [0.4, 0.5) is 13.2 Å². The molecular weight excluding hydrogens is 527 g/mol. The molecule has 1 fully saturated rings. The minimum Gasteiger partial charge on any atom is -0.342 e. The Morgan fingerprint density at radius 1 is 1.02 bits per heavy atom. The summed E-state index contributed by atoms with van der Waals surface area (Å²) in [6.45, 7) is 4.37. The van der Waals surface area contributed by atoms with Crippen LogP contribution in [0, 0.1) is 17.3 Å². The second-order valence-corrected chi connectivity index (χ2v) is 10.9.